The van der Waals surface area contributed by atoms with E-state index in [4.69, 9.17) is 11.6 Å². The molecule has 3 aliphatic rings. The van der Waals surface area contributed by atoms with Crippen molar-refractivity contribution >= 4 is 17.5 Å². The molecule has 0 bridgehead atoms. The number of carbonyl (C=O) groups excluding carboxylic acids is 1. The number of carbonyl (C=O) groups is 1. The number of allylic oxidation sites excluding steroid dienone is 1. The molecule has 3 aliphatic heterocycles. The number of nitrogens with zero attached hydrogens (tertiary/aromatic N) is 1. The van der Waals surface area contributed by atoms with E-state index >= 15 is 0 Å². The second-order valence-electron chi connectivity index (χ2n) is 6.44. The molecule has 2 fully saturated rings. The minimum Gasteiger partial charge on any atom is -0.330 e. The average molecular weight is 333 g/mol. The van der Waals surface area contributed by atoms with Crippen molar-refractivity contribution in [3.8, 4) is 0 Å². The van der Waals surface area contributed by atoms with E-state index in [2.05, 4.69) is 27.1 Å². The number of piperidine rings is 1. The van der Waals surface area contributed by atoms with Gasteiger partial charge in [-0.3, -0.25) is 9.80 Å². The van der Waals surface area contributed by atoms with Gasteiger partial charge in [0.15, 0.2) is 0 Å². The molecule has 1 aromatic rings. The normalized spacial score (nSPS) is 28.3. The van der Waals surface area contributed by atoms with Crippen LogP contribution in [-0.4, -0.2) is 36.7 Å². The van der Waals surface area contributed by atoms with Crippen LogP contribution >= 0.6 is 11.6 Å². The maximum absolute atomic E-state index is 12.2. The molecule has 0 aliphatic carbocycles. The molecule has 5 nitrogen and oxygen atoms in total. The first-order chi connectivity index (χ1) is 11.2. The molecule has 3 heterocycles. The van der Waals surface area contributed by atoms with E-state index in [1.807, 2.05) is 18.2 Å². The zero-order valence-electron chi connectivity index (χ0n) is 12.9. The smallest absolute Gasteiger partial charge is 0.247 e. The lowest BCUT2D eigenvalue weighted by atomic mass is 9.91. The SMILES string of the molecule is O=C1C=C(C2CCNCC2)N2NCC(c3cccc(Cl)c3)C2N1. The third kappa shape index (κ3) is 2.84. The Labute approximate surface area is 141 Å². The molecule has 1 aromatic carbocycles. The number of benzene rings is 1. The molecule has 4 rings (SSSR count). The Morgan fingerprint density at radius 1 is 1.22 bits per heavy atom. The van der Waals surface area contributed by atoms with Gasteiger partial charge in [0.05, 0.1) is 0 Å². The molecule has 0 radical (unpaired) electrons. The van der Waals surface area contributed by atoms with Gasteiger partial charge in [-0.2, -0.15) is 0 Å². The van der Waals surface area contributed by atoms with E-state index in [1.54, 1.807) is 6.08 Å². The molecule has 2 atom stereocenters. The first-order valence-electron chi connectivity index (χ1n) is 8.23. The van der Waals surface area contributed by atoms with E-state index in [-0.39, 0.29) is 18.0 Å². The number of hydrazine groups is 1. The zero-order chi connectivity index (χ0) is 15.8. The highest BCUT2D eigenvalue weighted by Crippen LogP contribution is 2.35. The molecule has 2 unspecified atom stereocenters. The maximum atomic E-state index is 12.2. The molecular formula is C17H21ClN4O. The van der Waals surface area contributed by atoms with Crippen molar-refractivity contribution in [3.63, 3.8) is 0 Å². The van der Waals surface area contributed by atoms with Crippen molar-refractivity contribution in [1.82, 2.24) is 21.1 Å². The molecule has 0 aromatic heterocycles. The molecule has 2 saturated heterocycles. The summed E-state index contributed by atoms with van der Waals surface area (Å²) in [4.78, 5) is 12.2. The molecule has 23 heavy (non-hydrogen) atoms. The molecular weight excluding hydrogens is 312 g/mol. The fourth-order valence-corrected chi connectivity index (χ4v) is 4.06. The van der Waals surface area contributed by atoms with Gasteiger partial charge in [-0.1, -0.05) is 23.7 Å². The first kappa shape index (κ1) is 15.0. The van der Waals surface area contributed by atoms with Crippen LogP contribution in [0.5, 0.6) is 0 Å². The lowest BCUT2D eigenvalue weighted by Gasteiger charge is -2.39. The minimum absolute atomic E-state index is 0.00973. The number of hydrogen-bond donors (Lipinski definition) is 3. The number of rotatable bonds is 2. The van der Waals surface area contributed by atoms with Gasteiger partial charge in [0.25, 0.3) is 0 Å². The largest absolute Gasteiger partial charge is 0.330 e. The van der Waals surface area contributed by atoms with E-state index in [1.165, 1.54) is 0 Å². The van der Waals surface area contributed by atoms with Crippen LogP contribution in [0.2, 0.25) is 5.02 Å². The Kier molecular flexibility index (Phi) is 4.01. The van der Waals surface area contributed by atoms with Crippen LogP contribution in [0.1, 0.15) is 24.3 Å². The Bertz CT molecular complexity index is 641. The molecule has 122 valence electrons. The lowest BCUT2D eigenvalue weighted by Crippen LogP contribution is -2.53. The summed E-state index contributed by atoms with van der Waals surface area (Å²) in [6.45, 7) is 2.83. The van der Waals surface area contributed by atoms with Crippen LogP contribution in [0.3, 0.4) is 0 Å². The Morgan fingerprint density at radius 3 is 2.83 bits per heavy atom. The van der Waals surface area contributed by atoms with Gasteiger partial charge in [-0.05, 0) is 43.6 Å². The third-order valence-electron chi connectivity index (χ3n) is 5.02. The Balaban J connectivity index is 1.61. The van der Waals surface area contributed by atoms with E-state index in [0.29, 0.717) is 5.92 Å². The molecule has 3 N–H and O–H groups in total. The maximum Gasteiger partial charge on any atom is 0.247 e. The quantitative estimate of drug-likeness (QED) is 0.770. The van der Waals surface area contributed by atoms with Gasteiger partial charge in [0, 0.05) is 35.2 Å². The van der Waals surface area contributed by atoms with Crippen LogP contribution in [0.4, 0.5) is 0 Å². The topological polar surface area (TPSA) is 56.4 Å². The third-order valence-corrected chi connectivity index (χ3v) is 5.26. The second-order valence-corrected chi connectivity index (χ2v) is 6.88. The van der Waals surface area contributed by atoms with Crippen LogP contribution in [0.25, 0.3) is 0 Å². The van der Waals surface area contributed by atoms with Gasteiger partial charge < -0.3 is 10.6 Å². The van der Waals surface area contributed by atoms with Gasteiger partial charge in [-0.25, -0.2) is 5.43 Å². The van der Waals surface area contributed by atoms with Crippen molar-refractivity contribution in [2.75, 3.05) is 19.6 Å². The van der Waals surface area contributed by atoms with Crippen LogP contribution in [-0.2, 0) is 4.79 Å². The summed E-state index contributed by atoms with van der Waals surface area (Å²) in [5.41, 5.74) is 5.77. The minimum atomic E-state index is -0.0455. The highest BCUT2D eigenvalue weighted by molar-refractivity contribution is 6.30. The van der Waals surface area contributed by atoms with Crippen molar-refractivity contribution in [2.45, 2.75) is 24.9 Å². The predicted octanol–water partition coefficient (Wildman–Crippen LogP) is 1.58. The second kappa shape index (κ2) is 6.15. The summed E-state index contributed by atoms with van der Waals surface area (Å²) >= 11 is 6.14. The predicted molar refractivity (Wildman–Crippen MR) is 89.6 cm³/mol. The van der Waals surface area contributed by atoms with Crippen LogP contribution < -0.4 is 16.1 Å². The summed E-state index contributed by atoms with van der Waals surface area (Å²) in [6, 6.07) is 7.92. The van der Waals surface area contributed by atoms with Gasteiger partial charge in [0.2, 0.25) is 5.91 Å². The van der Waals surface area contributed by atoms with Crippen molar-refractivity contribution < 1.29 is 4.79 Å². The van der Waals surface area contributed by atoms with Gasteiger partial charge >= 0.3 is 0 Å². The van der Waals surface area contributed by atoms with Crippen molar-refractivity contribution in [2.24, 2.45) is 5.92 Å². The summed E-state index contributed by atoms with van der Waals surface area (Å²) < 4.78 is 0. The Hall–Kier alpha value is -1.56. The van der Waals surface area contributed by atoms with E-state index < -0.39 is 0 Å². The average Bonchev–Trinajstić information content (AvgIpc) is 2.98. The molecule has 1 amide bonds. The highest BCUT2D eigenvalue weighted by atomic mass is 35.5. The van der Waals surface area contributed by atoms with Gasteiger partial charge in [-0.15, -0.1) is 0 Å². The number of hydrogen-bond acceptors (Lipinski definition) is 4. The molecule has 6 heteroatoms. The number of halogens is 1. The first-order valence-corrected chi connectivity index (χ1v) is 8.61. The summed E-state index contributed by atoms with van der Waals surface area (Å²) in [7, 11) is 0. The standard InChI is InChI=1S/C17H21ClN4O/c18-13-3-1-2-12(8-13)14-10-20-22-15(9-16(23)21-17(14)22)11-4-6-19-7-5-11/h1-3,8-9,11,14,17,19-20H,4-7,10H2,(H,21,23). The van der Waals surface area contributed by atoms with Crippen molar-refractivity contribution in [3.05, 3.63) is 46.6 Å². The lowest BCUT2D eigenvalue weighted by molar-refractivity contribution is -0.119. The van der Waals surface area contributed by atoms with Gasteiger partial charge in [0.1, 0.15) is 6.17 Å². The molecule has 0 spiro atoms. The molecule has 0 saturated carbocycles. The van der Waals surface area contributed by atoms with E-state index in [9.17, 15) is 4.79 Å². The Morgan fingerprint density at radius 2 is 2.04 bits per heavy atom. The zero-order valence-corrected chi connectivity index (χ0v) is 13.6. The van der Waals surface area contributed by atoms with Crippen LogP contribution in [0, 0.1) is 5.92 Å². The van der Waals surface area contributed by atoms with Crippen molar-refractivity contribution in [1.29, 1.82) is 0 Å². The fourth-order valence-electron chi connectivity index (χ4n) is 3.86. The highest BCUT2D eigenvalue weighted by Gasteiger charge is 2.41. The number of amides is 1. The summed E-state index contributed by atoms with van der Waals surface area (Å²) in [5, 5.41) is 9.39. The summed E-state index contributed by atoms with van der Waals surface area (Å²) in [6.07, 6.45) is 3.87. The summed E-state index contributed by atoms with van der Waals surface area (Å²) in [5.74, 6) is 0.647. The number of fused-ring (bicyclic) bond motifs is 1. The van der Waals surface area contributed by atoms with Crippen LogP contribution in [0.15, 0.2) is 36.0 Å². The number of nitrogens with one attached hydrogen (secondary N) is 3. The van der Waals surface area contributed by atoms with E-state index in [0.717, 1.165) is 48.8 Å². The monoisotopic (exact) mass is 332 g/mol. The fraction of sp³-hybridized carbons (Fsp3) is 0.471.